The highest BCUT2D eigenvalue weighted by Gasteiger charge is 2.23. The predicted octanol–water partition coefficient (Wildman–Crippen LogP) is 14.4. The molecule has 274 valence electrons. The molecular formula is C52H26N8. The van der Waals surface area contributed by atoms with E-state index < -0.39 is 0 Å². The Labute approximate surface area is 344 Å². The van der Waals surface area contributed by atoms with E-state index in [4.69, 9.17) is 26.3 Å². The molecular weight excluding hydrogens is 737 g/mol. The van der Waals surface area contributed by atoms with Gasteiger partial charge in [-0.1, -0.05) is 78.9 Å². The second-order valence-electron chi connectivity index (χ2n) is 14.3. The summed E-state index contributed by atoms with van der Waals surface area (Å²) in [7, 11) is 0. The van der Waals surface area contributed by atoms with Crippen molar-refractivity contribution in [2.45, 2.75) is 0 Å². The molecule has 0 aliphatic rings. The van der Waals surface area contributed by atoms with Crippen molar-refractivity contribution in [1.29, 1.82) is 5.26 Å². The summed E-state index contributed by atoms with van der Waals surface area (Å²) in [5, 5.41) is 13.9. The Bertz CT molecular complexity index is 3600. The zero-order chi connectivity index (χ0) is 40.9. The van der Waals surface area contributed by atoms with E-state index in [1.807, 2.05) is 78.9 Å². The standard InChI is InChI=1S/C52H26N8/c1-54-38-22-32(31-53)21-36(23-38)34-13-15-43-41-9-5-7-11-47(41)59(49(43)26-34)51-29-45(33-17-19-58-20-18-33)46(57-4)30-52(51)60-48-12-8-6-10-42(48)44-16-14-35(27-50(44)60)37-24-39(55-2)28-40(25-37)56-3/h5-30H. The topological polar surface area (TPSA) is 64.0 Å². The predicted molar refractivity (Wildman–Crippen MR) is 239 cm³/mol. The van der Waals surface area contributed by atoms with E-state index in [1.54, 1.807) is 24.5 Å². The van der Waals surface area contributed by atoms with Gasteiger partial charge in [-0.25, -0.2) is 19.4 Å². The molecule has 0 aliphatic heterocycles. The first-order chi connectivity index (χ1) is 29.5. The van der Waals surface area contributed by atoms with Gasteiger partial charge in [0.25, 0.3) is 0 Å². The van der Waals surface area contributed by atoms with Crippen LogP contribution in [0.3, 0.4) is 0 Å². The van der Waals surface area contributed by atoms with Gasteiger partial charge in [0.15, 0.2) is 22.7 Å². The average molecular weight is 763 g/mol. The minimum absolute atomic E-state index is 0.389. The van der Waals surface area contributed by atoms with Gasteiger partial charge < -0.3 is 9.13 Å². The van der Waals surface area contributed by atoms with Gasteiger partial charge in [0.05, 0.1) is 65.8 Å². The summed E-state index contributed by atoms with van der Waals surface area (Å²) < 4.78 is 4.46. The molecule has 0 saturated carbocycles. The van der Waals surface area contributed by atoms with Crippen molar-refractivity contribution in [1.82, 2.24) is 14.1 Å². The minimum atomic E-state index is 0.389. The summed E-state index contributed by atoms with van der Waals surface area (Å²) in [6, 6.07) is 49.5. The van der Waals surface area contributed by atoms with E-state index in [0.717, 1.165) is 88.4 Å². The van der Waals surface area contributed by atoms with E-state index in [0.29, 0.717) is 28.3 Å². The number of para-hydroxylation sites is 2. The van der Waals surface area contributed by atoms with E-state index in [-0.39, 0.29) is 0 Å². The van der Waals surface area contributed by atoms with E-state index in [1.165, 1.54) is 0 Å². The molecule has 0 saturated heterocycles. The van der Waals surface area contributed by atoms with E-state index >= 15 is 0 Å². The lowest BCUT2D eigenvalue weighted by atomic mass is 10.0. The largest absolute Gasteiger partial charge is 0.308 e. The highest BCUT2D eigenvalue weighted by Crippen LogP contribution is 2.44. The molecule has 8 nitrogen and oxygen atoms in total. The van der Waals surface area contributed by atoms with Crippen molar-refractivity contribution in [3.63, 3.8) is 0 Å². The molecule has 0 fully saturated rings. The fourth-order valence-electron chi connectivity index (χ4n) is 8.40. The van der Waals surface area contributed by atoms with Crippen molar-refractivity contribution < 1.29 is 0 Å². The third-order valence-electron chi connectivity index (χ3n) is 11.0. The van der Waals surface area contributed by atoms with Crippen LogP contribution in [0.5, 0.6) is 0 Å². The maximum Gasteiger partial charge on any atom is 0.197 e. The number of hydrogen-bond acceptors (Lipinski definition) is 2. The van der Waals surface area contributed by atoms with Gasteiger partial charge in [-0.05, 0) is 100 Å². The van der Waals surface area contributed by atoms with Gasteiger partial charge in [0.1, 0.15) is 0 Å². The highest BCUT2D eigenvalue weighted by atomic mass is 15.1. The van der Waals surface area contributed by atoms with Gasteiger partial charge in [-0.15, -0.1) is 0 Å². The highest BCUT2D eigenvalue weighted by molar-refractivity contribution is 6.13. The Balaban J connectivity index is 1.34. The Kier molecular flexibility index (Phi) is 8.23. The Hall–Kier alpha value is -9.26. The summed E-state index contributed by atoms with van der Waals surface area (Å²) in [5.41, 5.74) is 12.2. The molecule has 8 heteroatoms. The van der Waals surface area contributed by atoms with Crippen LogP contribution in [0.4, 0.5) is 22.7 Å². The molecule has 0 atom stereocenters. The van der Waals surface area contributed by atoms with Crippen LogP contribution < -0.4 is 0 Å². The van der Waals surface area contributed by atoms with Gasteiger partial charge in [-0.3, -0.25) is 4.98 Å². The summed E-state index contributed by atoms with van der Waals surface area (Å²) in [6.07, 6.45) is 3.46. The zero-order valence-electron chi connectivity index (χ0n) is 31.6. The molecule has 60 heavy (non-hydrogen) atoms. The van der Waals surface area contributed by atoms with Crippen molar-refractivity contribution >= 4 is 66.4 Å². The first-order valence-corrected chi connectivity index (χ1v) is 18.9. The molecule has 3 heterocycles. The molecule has 10 aromatic rings. The van der Waals surface area contributed by atoms with Gasteiger partial charge in [-0.2, -0.15) is 5.26 Å². The van der Waals surface area contributed by atoms with Crippen LogP contribution in [0.1, 0.15) is 5.56 Å². The van der Waals surface area contributed by atoms with E-state index in [2.05, 4.69) is 94.2 Å². The number of nitriles is 1. The van der Waals surface area contributed by atoms with Crippen molar-refractivity contribution in [2.24, 2.45) is 0 Å². The van der Waals surface area contributed by atoms with E-state index in [9.17, 15) is 5.26 Å². The maximum absolute atomic E-state index is 9.84. The lowest BCUT2D eigenvalue weighted by Gasteiger charge is -2.20. The molecule has 0 amide bonds. The third-order valence-corrected chi connectivity index (χ3v) is 11.0. The Morgan fingerprint density at radius 1 is 0.433 bits per heavy atom. The molecule has 0 bridgehead atoms. The number of aromatic nitrogens is 3. The van der Waals surface area contributed by atoms with Crippen LogP contribution >= 0.6 is 0 Å². The molecule has 0 spiro atoms. The SMILES string of the molecule is [C-]#[N+]c1cc(C#N)cc(-c2ccc3c4ccccc4n(-c4cc(-c5ccncc5)c([N+]#[C-])cc4-n4c5ccccc5c5ccc(-c6cc([N+]#[C-])cc([N+]#[C-])c6)cc54)c3c2)c1. The van der Waals surface area contributed by atoms with Gasteiger partial charge in [0.2, 0.25) is 0 Å². The first kappa shape index (κ1) is 35.2. The van der Waals surface area contributed by atoms with Crippen LogP contribution in [0.2, 0.25) is 0 Å². The number of benzene rings is 7. The fourth-order valence-corrected chi connectivity index (χ4v) is 8.40. The maximum atomic E-state index is 9.84. The van der Waals surface area contributed by atoms with Crippen molar-refractivity contribution in [3.05, 3.63) is 209 Å². The molecule has 3 aromatic heterocycles. The van der Waals surface area contributed by atoms with Crippen LogP contribution in [0, 0.1) is 37.6 Å². The van der Waals surface area contributed by atoms with Crippen LogP contribution in [-0.4, -0.2) is 14.1 Å². The number of nitrogens with zero attached hydrogens (tertiary/aromatic N) is 8. The summed E-state index contributed by atoms with van der Waals surface area (Å²) in [6.45, 7) is 31.6. The third kappa shape index (κ3) is 5.61. The normalized spacial score (nSPS) is 10.9. The number of fused-ring (bicyclic) bond motifs is 6. The zero-order valence-corrected chi connectivity index (χ0v) is 31.6. The molecule has 10 rings (SSSR count). The fraction of sp³-hybridized carbons (Fsp3) is 0. The van der Waals surface area contributed by atoms with Crippen LogP contribution in [0.15, 0.2) is 158 Å². The van der Waals surface area contributed by atoms with Crippen LogP contribution in [0.25, 0.3) is 108 Å². The lowest BCUT2D eigenvalue weighted by Crippen LogP contribution is -2.04. The van der Waals surface area contributed by atoms with Gasteiger partial charge in [0, 0.05) is 39.5 Å². The summed E-state index contributed by atoms with van der Waals surface area (Å²) in [4.78, 5) is 19.3. The van der Waals surface area contributed by atoms with Crippen molar-refractivity contribution in [2.75, 3.05) is 0 Å². The number of hydrogen-bond donors (Lipinski definition) is 0. The second kappa shape index (κ2) is 14.0. The molecule has 7 aromatic carbocycles. The average Bonchev–Trinajstić information content (AvgIpc) is 3.82. The Morgan fingerprint density at radius 3 is 1.47 bits per heavy atom. The van der Waals surface area contributed by atoms with Gasteiger partial charge >= 0.3 is 0 Å². The lowest BCUT2D eigenvalue weighted by molar-refractivity contribution is 1.10. The quantitative estimate of drug-likeness (QED) is 0.164. The second-order valence-corrected chi connectivity index (χ2v) is 14.3. The monoisotopic (exact) mass is 762 g/mol. The van der Waals surface area contributed by atoms with Crippen molar-refractivity contribution in [3.8, 4) is 50.8 Å². The first-order valence-electron chi connectivity index (χ1n) is 18.9. The minimum Gasteiger partial charge on any atom is -0.308 e. The van der Waals surface area contributed by atoms with Crippen LogP contribution in [-0.2, 0) is 0 Å². The molecule has 0 aliphatic carbocycles. The summed E-state index contributed by atoms with van der Waals surface area (Å²) >= 11 is 0. The molecule has 0 radical (unpaired) electrons. The Morgan fingerprint density at radius 2 is 0.933 bits per heavy atom. The smallest absolute Gasteiger partial charge is 0.197 e. The summed E-state index contributed by atoms with van der Waals surface area (Å²) in [5.74, 6) is 0. The number of pyridine rings is 1. The molecule has 0 unspecified atom stereocenters. The molecule has 0 N–H and O–H groups in total. The number of rotatable bonds is 5.